The highest BCUT2D eigenvalue weighted by Crippen LogP contribution is 2.11. The summed E-state index contributed by atoms with van der Waals surface area (Å²) in [6, 6.07) is 3.93. The zero-order valence-electron chi connectivity index (χ0n) is 7.19. The molecular weight excluding hydrogens is 166 g/mol. The minimum Gasteiger partial charge on any atom is -0.399 e. The zero-order chi connectivity index (χ0) is 9.10. The van der Waals surface area contributed by atoms with Crippen molar-refractivity contribution in [3.8, 4) is 0 Å². The monoisotopic (exact) mass is 175 g/mol. The molecule has 4 heteroatoms. The Balaban J connectivity index is 2.44. The Kier molecular flexibility index (Phi) is 1.96. The molecule has 0 aliphatic rings. The standard InChI is InChI=1S/C9H9N3O/c1-13-11-5-8-4-7-2-3-10-6-9(7)12-8/h2-6,12H,1H3/b11-5+. The van der Waals surface area contributed by atoms with Gasteiger partial charge in [0.05, 0.1) is 23.6 Å². The van der Waals surface area contributed by atoms with E-state index in [2.05, 4.69) is 20.0 Å². The molecule has 0 saturated heterocycles. The van der Waals surface area contributed by atoms with Gasteiger partial charge < -0.3 is 9.82 Å². The van der Waals surface area contributed by atoms with Gasteiger partial charge in [-0.1, -0.05) is 5.16 Å². The SMILES string of the molecule is CO/N=C/c1cc2ccncc2[nH]1. The van der Waals surface area contributed by atoms with E-state index in [0.717, 1.165) is 16.6 Å². The lowest BCUT2D eigenvalue weighted by Gasteiger charge is -1.84. The summed E-state index contributed by atoms with van der Waals surface area (Å²) in [5.74, 6) is 0. The van der Waals surface area contributed by atoms with E-state index in [1.165, 1.54) is 7.11 Å². The van der Waals surface area contributed by atoms with Gasteiger partial charge in [-0.25, -0.2) is 0 Å². The van der Waals surface area contributed by atoms with E-state index in [4.69, 9.17) is 0 Å². The molecule has 0 amide bonds. The van der Waals surface area contributed by atoms with Crippen LogP contribution in [-0.2, 0) is 4.84 Å². The Labute approximate surface area is 75.2 Å². The molecule has 0 saturated carbocycles. The highest BCUT2D eigenvalue weighted by atomic mass is 16.6. The Morgan fingerprint density at radius 3 is 3.31 bits per heavy atom. The van der Waals surface area contributed by atoms with Crippen molar-refractivity contribution in [2.24, 2.45) is 5.16 Å². The molecule has 66 valence electrons. The van der Waals surface area contributed by atoms with E-state index < -0.39 is 0 Å². The van der Waals surface area contributed by atoms with Gasteiger partial charge in [-0.2, -0.15) is 0 Å². The molecule has 2 aromatic rings. The normalized spacial score (nSPS) is 11.2. The number of rotatable bonds is 2. The second-order valence-corrected chi connectivity index (χ2v) is 2.60. The predicted molar refractivity (Wildman–Crippen MR) is 50.7 cm³/mol. The number of hydrogen-bond donors (Lipinski definition) is 1. The van der Waals surface area contributed by atoms with Crippen LogP contribution >= 0.6 is 0 Å². The molecule has 0 radical (unpaired) electrons. The number of nitrogens with one attached hydrogen (secondary N) is 1. The van der Waals surface area contributed by atoms with E-state index in [0.29, 0.717) is 0 Å². The minimum atomic E-state index is 0.907. The van der Waals surface area contributed by atoms with Gasteiger partial charge in [0.1, 0.15) is 7.11 Å². The summed E-state index contributed by atoms with van der Waals surface area (Å²) in [7, 11) is 1.51. The molecule has 1 N–H and O–H groups in total. The van der Waals surface area contributed by atoms with Crippen molar-refractivity contribution in [1.29, 1.82) is 0 Å². The predicted octanol–water partition coefficient (Wildman–Crippen LogP) is 1.54. The summed E-state index contributed by atoms with van der Waals surface area (Å²) >= 11 is 0. The van der Waals surface area contributed by atoms with Crippen LogP contribution in [0.4, 0.5) is 0 Å². The van der Waals surface area contributed by atoms with Gasteiger partial charge in [0.15, 0.2) is 0 Å². The number of fused-ring (bicyclic) bond motifs is 1. The summed E-state index contributed by atoms with van der Waals surface area (Å²) in [5.41, 5.74) is 1.91. The van der Waals surface area contributed by atoms with Crippen molar-refractivity contribution in [1.82, 2.24) is 9.97 Å². The van der Waals surface area contributed by atoms with Gasteiger partial charge in [-0.3, -0.25) is 4.98 Å². The topological polar surface area (TPSA) is 50.3 Å². The lowest BCUT2D eigenvalue weighted by molar-refractivity contribution is 0.215. The number of aromatic amines is 1. The van der Waals surface area contributed by atoms with Crippen LogP contribution in [0.3, 0.4) is 0 Å². The van der Waals surface area contributed by atoms with Crippen LogP contribution in [0.25, 0.3) is 10.9 Å². The Morgan fingerprint density at radius 2 is 2.54 bits per heavy atom. The van der Waals surface area contributed by atoms with Crippen LogP contribution in [0.2, 0.25) is 0 Å². The van der Waals surface area contributed by atoms with Crippen molar-refractivity contribution < 1.29 is 4.84 Å². The molecule has 4 nitrogen and oxygen atoms in total. The quantitative estimate of drug-likeness (QED) is 0.556. The van der Waals surface area contributed by atoms with E-state index >= 15 is 0 Å². The zero-order valence-corrected chi connectivity index (χ0v) is 7.19. The number of H-pyrrole nitrogens is 1. The van der Waals surface area contributed by atoms with Crippen LogP contribution < -0.4 is 0 Å². The Hall–Kier alpha value is -1.84. The maximum absolute atomic E-state index is 4.58. The van der Waals surface area contributed by atoms with Gasteiger partial charge >= 0.3 is 0 Å². The van der Waals surface area contributed by atoms with Crippen molar-refractivity contribution >= 4 is 17.1 Å². The molecule has 2 rings (SSSR count). The molecule has 0 aromatic carbocycles. The third kappa shape index (κ3) is 1.51. The second-order valence-electron chi connectivity index (χ2n) is 2.60. The third-order valence-electron chi connectivity index (χ3n) is 1.74. The van der Waals surface area contributed by atoms with Crippen molar-refractivity contribution in [3.05, 3.63) is 30.2 Å². The first kappa shape index (κ1) is 7.79. The molecule has 13 heavy (non-hydrogen) atoms. The van der Waals surface area contributed by atoms with Crippen LogP contribution in [-0.4, -0.2) is 23.3 Å². The minimum absolute atomic E-state index is 0.907. The number of oxime groups is 1. The average Bonchev–Trinajstić information content (AvgIpc) is 2.57. The van der Waals surface area contributed by atoms with Gasteiger partial charge in [-0.05, 0) is 12.1 Å². The molecule has 0 fully saturated rings. The molecule has 2 heterocycles. The van der Waals surface area contributed by atoms with Crippen LogP contribution in [0.5, 0.6) is 0 Å². The smallest absolute Gasteiger partial charge is 0.106 e. The number of nitrogens with zero attached hydrogens (tertiary/aromatic N) is 2. The van der Waals surface area contributed by atoms with E-state index in [1.54, 1.807) is 18.6 Å². The molecule has 0 spiro atoms. The summed E-state index contributed by atoms with van der Waals surface area (Å²) in [4.78, 5) is 11.7. The Bertz CT molecular complexity index is 400. The van der Waals surface area contributed by atoms with Crippen molar-refractivity contribution in [2.45, 2.75) is 0 Å². The maximum atomic E-state index is 4.58. The first-order valence-electron chi connectivity index (χ1n) is 3.89. The first-order valence-corrected chi connectivity index (χ1v) is 3.89. The highest BCUT2D eigenvalue weighted by molar-refractivity contribution is 5.88. The van der Waals surface area contributed by atoms with Gasteiger partial charge in [-0.15, -0.1) is 0 Å². The van der Waals surface area contributed by atoms with E-state index in [9.17, 15) is 0 Å². The third-order valence-corrected chi connectivity index (χ3v) is 1.74. The van der Waals surface area contributed by atoms with E-state index in [-0.39, 0.29) is 0 Å². The molecule has 0 bridgehead atoms. The van der Waals surface area contributed by atoms with Crippen molar-refractivity contribution in [3.63, 3.8) is 0 Å². The van der Waals surface area contributed by atoms with Gasteiger partial charge in [0.2, 0.25) is 0 Å². The number of hydrogen-bond acceptors (Lipinski definition) is 3. The fraction of sp³-hybridized carbons (Fsp3) is 0.111. The molecule has 0 unspecified atom stereocenters. The maximum Gasteiger partial charge on any atom is 0.106 e. The summed E-state index contributed by atoms with van der Waals surface area (Å²) in [6.07, 6.45) is 5.16. The largest absolute Gasteiger partial charge is 0.399 e. The Morgan fingerprint density at radius 1 is 1.62 bits per heavy atom. The first-order chi connectivity index (χ1) is 6.40. The number of pyridine rings is 1. The summed E-state index contributed by atoms with van der Waals surface area (Å²) in [6.45, 7) is 0. The highest BCUT2D eigenvalue weighted by Gasteiger charge is 1.96. The van der Waals surface area contributed by atoms with Crippen LogP contribution in [0, 0.1) is 0 Å². The van der Waals surface area contributed by atoms with Crippen molar-refractivity contribution in [2.75, 3.05) is 7.11 Å². The average molecular weight is 175 g/mol. The summed E-state index contributed by atoms with van der Waals surface area (Å²) in [5, 5.41) is 4.78. The van der Waals surface area contributed by atoms with E-state index in [1.807, 2.05) is 12.1 Å². The number of aromatic nitrogens is 2. The molecule has 2 aromatic heterocycles. The summed E-state index contributed by atoms with van der Waals surface area (Å²) < 4.78 is 0. The van der Waals surface area contributed by atoms with Gasteiger partial charge in [0.25, 0.3) is 0 Å². The molecule has 0 aliphatic heterocycles. The van der Waals surface area contributed by atoms with Crippen LogP contribution in [0.1, 0.15) is 5.69 Å². The second kappa shape index (κ2) is 3.26. The van der Waals surface area contributed by atoms with Crippen LogP contribution in [0.15, 0.2) is 29.7 Å². The lowest BCUT2D eigenvalue weighted by Crippen LogP contribution is -1.79. The molecule has 0 aliphatic carbocycles. The van der Waals surface area contributed by atoms with Gasteiger partial charge in [0, 0.05) is 11.6 Å². The lowest BCUT2D eigenvalue weighted by atomic mass is 10.3. The fourth-order valence-corrected chi connectivity index (χ4v) is 1.17. The molecule has 0 atom stereocenters. The fourth-order valence-electron chi connectivity index (χ4n) is 1.17. The molecular formula is C9H9N3O.